The van der Waals surface area contributed by atoms with Crippen LogP contribution in [0.3, 0.4) is 0 Å². The number of carbonyl (C=O) groups is 9. The Bertz CT molecular complexity index is 2150. The highest BCUT2D eigenvalue weighted by atomic mass is 16.6. The molecule has 0 saturated carbocycles. The highest BCUT2D eigenvalue weighted by Crippen LogP contribution is 2.27. The Morgan fingerprint density at radius 2 is 1.50 bits per heavy atom. The van der Waals surface area contributed by atoms with Crippen LogP contribution in [0.4, 0.5) is 11.4 Å². The van der Waals surface area contributed by atoms with E-state index in [1.54, 1.807) is 38.1 Å². The number of nitro groups is 1. The number of primary amides is 2. The third kappa shape index (κ3) is 15.4. The molecule has 0 spiro atoms. The quantitative estimate of drug-likeness (QED) is 0.0301. The van der Waals surface area contributed by atoms with Gasteiger partial charge in [-0.3, -0.25) is 53.3 Å². The molecule has 2 aromatic rings. The number of nitrogens with two attached hydrogens (primary N) is 3. The summed E-state index contributed by atoms with van der Waals surface area (Å²) in [6.45, 7) is 6.37. The van der Waals surface area contributed by atoms with Crippen molar-refractivity contribution in [1.82, 2.24) is 36.8 Å². The van der Waals surface area contributed by atoms with Gasteiger partial charge in [-0.15, -0.1) is 0 Å². The number of phenolic OH excluding ortho intramolecular Hbond substituents is 1. The number of rotatable bonds is 25. The summed E-state index contributed by atoms with van der Waals surface area (Å²) in [7, 11) is 0. The van der Waals surface area contributed by atoms with Crippen molar-refractivity contribution in [2.24, 2.45) is 17.4 Å². The molecule has 1 aliphatic heterocycles. The average molecular weight is 926 g/mol. The smallest absolute Gasteiger partial charge is 0.310 e. The summed E-state index contributed by atoms with van der Waals surface area (Å²) in [5.74, 6) is -9.02. The van der Waals surface area contributed by atoms with Crippen molar-refractivity contribution < 1.29 is 58.3 Å². The van der Waals surface area contributed by atoms with Crippen molar-refractivity contribution in [3.8, 4) is 5.75 Å². The number of para-hydroxylation sites is 1. The zero-order valence-corrected chi connectivity index (χ0v) is 37.0. The van der Waals surface area contributed by atoms with E-state index in [1.807, 2.05) is 0 Å². The Morgan fingerprint density at radius 1 is 0.848 bits per heavy atom. The molecule has 2 aromatic carbocycles. The van der Waals surface area contributed by atoms with Crippen LogP contribution in [0.25, 0.3) is 0 Å². The molecule has 360 valence electrons. The van der Waals surface area contributed by atoms with Crippen LogP contribution in [-0.4, -0.2) is 122 Å². The van der Waals surface area contributed by atoms with Crippen molar-refractivity contribution in [3.05, 3.63) is 63.7 Å². The van der Waals surface area contributed by atoms with Crippen LogP contribution in [0, 0.1) is 16.0 Å². The number of nitrogens with one attached hydrogen (secondary N) is 6. The zero-order chi connectivity index (χ0) is 49.4. The number of carboxylic acid groups (broad SMARTS) is 1. The maximum absolute atomic E-state index is 13.8. The van der Waals surface area contributed by atoms with Crippen LogP contribution < -0.4 is 49.1 Å². The number of nitro benzene ring substituents is 1. The Hall–Kier alpha value is -7.37. The predicted octanol–water partition coefficient (Wildman–Crippen LogP) is -1.69. The van der Waals surface area contributed by atoms with Crippen LogP contribution in [-0.2, 0) is 56.1 Å². The lowest BCUT2D eigenvalue weighted by molar-refractivity contribution is -0.385. The number of likely N-dealkylation sites (tertiary alicyclic amines) is 1. The third-order valence-electron chi connectivity index (χ3n) is 11.0. The van der Waals surface area contributed by atoms with Gasteiger partial charge in [-0.05, 0) is 62.3 Å². The van der Waals surface area contributed by atoms with Gasteiger partial charge >= 0.3 is 11.7 Å². The van der Waals surface area contributed by atoms with Crippen molar-refractivity contribution in [3.63, 3.8) is 0 Å². The summed E-state index contributed by atoms with van der Waals surface area (Å²) < 4.78 is 0. The van der Waals surface area contributed by atoms with E-state index in [2.05, 4.69) is 31.9 Å². The standard InChI is InChI=1S/C42H59N11O13/c1-5-21(2)35(51-38(60)28(19-33(44)55)46-20-25-9-6-7-10-26(25)43)41(63)47-22(3)37(59)48-23(4)42(64)52-16-8-11-30(52)40(62)50-29(17-24-12-14-32(54)31(18-24)53(65)66)39(61)49-27(36(45)58)13-15-34(56)57/h6-7,9-10,12,14,18,21-23,27-30,35,46,54H,5,8,11,13,15-17,19-20,43H2,1-4H3,(H2,44,55)(H2,45,58)(H,47,63)(H,48,59)(H,49,61)(H,50,62)(H,51,60)(H,56,57)/t21-,22-,23-,27-,28-,29-,30-,35-/m0/s1. The molecule has 1 heterocycles. The molecule has 66 heavy (non-hydrogen) atoms. The number of carboxylic acids is 1. The Kier molecular flexibility index (Phi) is 19.8. The average Bonchev–Trinajstić information content (AvgIpc) is 3.75. The number of aromatic hydroxyl groups is 1. The first kappa shape index (κ1) is 53.0. The number of nitrogens with zero attached hydrogens (tertiary/aromatic N) is 2. The highest BCUT2D eigenvalue weighted by Gasteiger charge is 2.39. The first-order chi connectivity index (χ1) is 31.0. The van der Waals surface area contributed by atoms with Crippen molar-refractivity contribution in [2.75, 3.05) is 12.3 Å². The van der Waals surface area contributed by atoms with Crippen LogP contribution in [0.1, 0.15) is 77.3 Å². The summed E-state index contributed by atoms with van der Waals surface area (Å²) >= 11 is 0. The Balaban J connectivity index is 1.72. The van der Waals surface area contributed by atoms with E-state index < -0.39 is 143 Å². The normalized spacial score (nSPS) is 16.5. The summed E-state index contributed by atoms with van der Waals surface area (Å²) in [4.78, 5) is 129. The maximum atomic E-state index is 13.8. The topological polar surface area (TPSA) is 391 Å². The van der Waals surface area contributed by atoms with E-state index >= 15 is 0 Å². The molecular formula is C42H59N11O13. The molecule has 0 aromatic heterocycles. The molecular weight excluding hydrogens is 867 g/mol. The van der Waals surface area contributed by atoms with E-state index in [9.17, 15) is 58.4 Å². The van der Waals surface area contributed by atoms with Gasteiger partial charge in [-0.2, -0.15) is 0 Å². The Labute approximate surface area is 379 Å². The monoisotopic (exact) mass is 925 g/mol. The minimum absolute atomic E-state index is 0.0595. The minimum atomic E-state index is -1.56. The van der Waals surface area contributed by atoms with Gasteiger partial charge in [-0.1, -0.05) is 44.5 Å². The number of anilines is 1. The van der Waals surface area contributed by atoms with Crippen LogP contribution in [0.5, 0.6) is 5.75 Å². The number of nitrogen functional groups attached to an aromatic ring is 1. The predicted molar refractivity (Wildman–Crippen MR) is 235 cm³/mol. The Morgan fingerprint density at radius 3 is 2.11 bits per heavy atom. The largest absolute Gasteiger partial charge is 0.502 e. The second kappa shape index (κ2) is 24.6. The molecule has 1 saturated heterocycles. The number of benzene rings is 2. The molecule has 1 fully saturated rings. The lowest BCUT2D eigenvalue weighted by atomic mass is 9.97. The zero-order valence-electron chi connectivity index (χ0n) is 37.0. The van der Waals surface area contributed by atoms with Gasteiger partial charge in [-0.25, -0.2) is 0 Å². The second-order valence-corrected chi connectivity index (χ2v) is 16.1. The molecule has 14 N–H and O–H groups in total. The molecule has 0 radical (unpaired) electrons. The van der Waals surface area contributed by atoms with Gasteiger partial charge in [0.05, 0.1) is 17.4 Å². The van der Waals surface area contributed by atoms with E-state index in [0.717, 1.165) is 12.1 Å². The molecule has 0 unspecified atom stereocenters. The number of hydrogen-bond acceptors (Lipinski definition) is 14. The first-order valence-corrected chi connectivity index (χ1v) is 21.2. The van der Waals surface area contributed by atoms with Crippen molar-refractivity contribution >= 4 is 64.6 Å². The summed E-state index contributed by atoms with van der Waals surface area (Å²) in [5.41, 5.74) is 17.3. The SMILES string of the molecule is CC[C@H](C)[C@H](NC(=O)[C@H](CC(N)=O)NCc1ccccc1N)C(=O)N[C@@H](C)C(=O)N[C@@H](C)C(=O)N1CCC[C@H]1C(=O)N[C@@H](Cc1ccc(O)c([N+](=O)[O-])c1)C(=O)N[C@@H](CCC(=O)O)C(N)=O. The minimum Gasteiger partial charge on any atom is -0.502 e. The third-order valence-corrected chi connectivity index (χ3v) is 11.0. The molecule has 8 amide bonds. The van der Waals surface area contributed by atoms with Gasteiger partial charge in [0.25, 0.3) is 0 Å². The van der Waals surface area contributed by atoms with E-state index in [4.69, 9.17) is 22.3 Å². The molecule has 24 heteroatoms. The molecule has 24 nitrogen and oxygen atoms in total. The fourth-order valence-corrected chi connectivity index (χ4v) is 7.04. The van der Waals surface area contributed by atoms with Crippen molar-refractivity contribution in [1.29, 1.82) is 0 Å². The van der Waals surface area contributed by atoms with E-state index in [0.29, 0.717) is 24.1 Å². The van der Waals surface area contributed by atoms with Crippen molar-refractivity contribution in [2.45, 2.75) is 121 Å². The van der Waals surface area contributed by atoms with Gasteiger partial charge in [0, 0.05) is 37.7 Å². The van der Waals surface area contributed by atoms with Gasteiger partial charge in [0.1, 0.15) is 36.3 Å². The molecule has 3 rings (SSSR count). The fourth-order valence-electron chi connectivity index (χ4n) is 7.04. The highest BCUT2D eigenvalue weighted by molar-refractivity contribution is 5.97. The van der Waals surface area contributed by atoms with Gasteiger partial charge < -0.3 is 64.2 Å². The van der Waals surface area contributed by atoms with Crippen LogP contribution in [0.2, 0.25) is 0 Å². The number of aliphatic carboxylic acids is 1. The molecule has 1 aliphatic rings. The summed E-state index contributed by atoms with van der Waals surface area (Å²) in [6.07, 6.45) is -0.883. The molecule has 0 bridgehead atoms. The van der Waals surface area contributed by atoms with E-state index in [1.165, 1.54) is 24.8 Å². The van der Waals surface area contributed by atoms with Crippen LogP contribution >= 0.6 is 0 Å². The van der Waals surface area contributed by atoms with E-state index in [-0.39, 0.29) is 25.1 Å². The lowest BCUT2D eigenvalue weighted by Crippen LogP contribution is -2.59. The fraction of sp³-hybridized carbons (Fsp3) is 0.500. The number of carbonyl (C=O) groups excluding carboxylic acids is 8. The summed E-state index contributed by atoms with van der Waals surface area (Å²) in [6, 6.07) is 1.12. The maximum Gasteiger partial charge on any atom is 0.310 e. The lowest BCUT2D eigenvalue weighted by Gasteiger charge is -2.30. The second-order valence-electron chi connectivity index (χ2n) is 16.1. The van der Waals surface area contributed by atoms with Gasteiger partial charge in [0.2, 0.25) is 47.3 Å². The summed E-state index contributed by atoms with van der Waals surface area (Å²) in [5, 5.41) is 46.0. The number of phenols is 1. The molecule has 8 atom stereocenters. The first-order valence-electron chi connectivity index (χ1n) is 21.2. The van der Waals surface area contributed by atoms with Gasteiger partial charge in [0.15, 0.2) is 5.75 Å². The number of hydrogen-bond donors (Lipinski definition) is 11. The number of amides is 8. The van der Waals surface area contributed by atoms with Crippen LogP contribution in [0.15, 0.2) is 42.5 Å². The molecule has 0 aliphatic carbocycles.